The van der Waals surface area contributed by atoms with Gasteiger partial charge in [-0.25, -0.2) is 4.98 Å². The van der Waals surface area contributed by atoms with Crippen molar-refractivity contribution < 1.29 is 9.90 Å². The maximum Gasteiger partial charge on any atom is 0.248 e. The Morgan fingerprint density at radius 1 is 1.23 bits per heavy atom. The number of amides is 1. The standard InChI is InChI=1S/C20H22N4O2/c21-19(26)14-5-3-13(4-6-14)18-16-2-1-9-22-20(16)23-17(18)12-24-10-7-15(25)8-11-24/h1-6,9,15,25H,7-8,10-12H2,(H2,21,26)(H,22,23). The summed E-state index contributed by atoms with van der Waals surface area (Å²) in [7, 11) is 0. The van der Waals surface area contributed by atoms with Gasteiger partial charge in [0.25, 0.3) is 0 Å². The van der Waals surface area contributed by atoms with Crippen LogP contribution in [0.4, 0.5) is 0 Å². The molecule has 26 heavy (non-hydrogen) atoms. The van der Waals surface area contributed by atoms with E-state index in [-0.39, 0.29) is 6.10 Å². The molecule has 4 N–H and O–H groups in total. The summed E-state index contributed by atoms with van der Waals surface area (Å²) in [6.45, 7) is 2.53. The molecule has 0 saturated carbocycles. The van der Waals surface area contributed by atoms with Crippen molar-refractivity contribution in [3.05, 3.63) is 53.9 Å². The number of aromatic nitrogens is 2. The zero-order valence-corrected chi connectivity index (χ0v) is 14.5. The fourth-order valence-electron chi connectivity index (χ4n) is 3.63. The minimum atomic E-state index is -0.427. The predicted molar refractivity (Wildman–Crippen MR) is 101 cm³/mol. The van der Waals surface area contributed by atoms with Crippen molar-refractivity contribution >= 4 is 16.9 Å². The number of aliphatic hydroxyl groups is 1. The van der Waals surface area contributed by atoms with E-state index >= 15 is 0 Å². The van der Waals surface area contributed by atoms with Crippen LogP contribution in [-0.2, 0) is 6.54 Å². The van der Waals surface area contributed by atoms with Gasteiger partial charge in [-0.1, -0.05) is 12.1 Å². The number of hydrogen-bond donors (Lipinski definition) is 3. The molecular weight excluding hydrogens is 328 g/mol. The zero-order valence-electron chi connectivity index (χ0n) is 14.5. The Labute approximate surface area is 151 Å². The number of benzene rings is 1. The topological polar surface area (TPSA) is 95.2 Å². The van der Waals surface area contributed by atoms with Gasteiger partial charge in [0.15, 0.2) is 0 Å². The number of hydrogen-bond acceptors (Lipinski definition) is 4. The molecule has 1 aliphatic rings. The smallest absolute Gasteiger partial charge is 0.248 e. The van der Waals surface area contributed by atoms with Gasteiger partial charge >= 0.3 is 0 Å². The van der Waals surface area contributed by atoms with Gasteiger partial charge in [0.2, 0.25) is 5.91 Å². The van der Waals surface area contributed by atoms with E-state index < -0.39 is 5.91 Å². The van der Waals surface area contributed by atoms with Gasteiger partial charge < -0.3 is 15.8 Å². The number of H-pyrrole nitrogens is 1. The molecule has 2 aromatic heterocycles. The molecule has 6 heteroatoms. The van der Waals surface area contributed by atoms with Crippen molar-refractivity contribution in [3.63, 3.8) is 0 Å². The first-order valence-corrected chi connectivity index (χ1v) is 8.88. The highest BCUT2D eigenvalue weighted by molar-refractivity contribution is 5.97. The van der Waals surface area contributed by atoms with Gasteiger partial charge in [-0.3, -0.25) is 9.69 Å². The number of primary amides is 1. The number of pyridine rings is 1. The van der Waals surface area contributed by atoms with Gasteiger partial charge in [-0.05, 0) is 42.7 Å². The molecule has 0 unspecified atom stereocenters. The van der Waals surface area contributed by atoms with Gasteiger partial charge in [0, 0.05) is 48.0 Å². The summed E-state index contributed by atoms with van der Waals surface area (Å²) in [5.41, 5.74) is 9.94. The number of nitrogens with one attached hydrogen (secondary N) is 1. The van der Waals surface area contributed by atoms with Crippen molar-refractivity contribution in [2.75, 3.05) is 13.1 Å². The van der Waals surface area contributed by atoms with Crippen molar-refractivity contribution in [2.24, 2.45) is 5.73 Å². The molecule has 1 amide bonds. The second kappa shape index (κ2) is 6.90. The highest BCUT2D eigenvalue weighted by atomic mass is 16.3. The number of nitrogens with zero attached hydrogens (tertiary/aromatic N) is 2. The Balaban J connectivity index is 1.73. The van der Waals surface area contributed by atoms with Gasteiger partial charge in [0.05, 0.1) is 6.10 Å². The molecule has 1 saturated heterocycles. The highest BCUT2D eigenvalue weighted by Gasteiger charge is 2.21. The average Bonchev–Trinajstić information content (AvgIpc) is 3.01. The molecule has 0 radical (unpaired) electrons. The van der Waals surface area contributed by atoms with Crippen LogP contribution in [0.25, 0.3) is 22.2 Å². The van der Waals surface area contributed by atoms with Crippen LogP contribution in [0.3, 0.4) is 0 Å². The molecule has 1 aliphatic heterocycles. The Hall–Kier alpha value is -2.70. The van der Waals surface area contributed by atoms with E-state index in [0.717, 1.165) is 60.3 Å². The van der Waals surface area contributed by atoms with Gasteiger partial charge in [0.1, 0.15) is 5.65 Å². The third kappa shape index (κ3) is 3.21. The van der Waals surface area contributed by atoms with Crippen molar-refractivity contribution in [1.29, 1.82) is 0 Å². The minimum absolute atomic E-state index is 0.184. The number of nitrogens with two attached hydrogens (primary N) is 1. The summed E-state index contributed by atoms with van der Waals surface area (Å²) >= 11 is 0. The maximum absolute atomic E-state index is 11.3. The maximum atomic E-state index is 11.3. The zero-order chi connectivity index (χ0) is 18.1. The molecule has 0 aliphatic carbocycles. The van der Waals surface area contributed by atoms with Crippen LogP contribution in [0.15, 0.2) is 42.6 Å². The van der Waals surface area contributed by atoms with E-state index in [1.165, 1.54) is 0 Å². The van der Waals surface area contributed by atoms with Crippen LogP contribution in [0.5, 0.6) is 0 Å². The van der Waals surface area contributed by atoms with Crippen LogP contribution < -0.4 is 5.73 Å². The van der Waals surface area contributed by atoms with Crippen LogP contribution in [0.2, 0.25) is 0 Å². The number of aliphatic hydroxyl groups excluding tert-OH is 1. The number of fused-ring (bicyclic) bond motifs is 1. The van der Waals surface area contributed by atoms with E-state index in [1.807, 2.05) is 18.2 Å². The number of carbonyl (C=O) groups is 1. The summed E-state index contributed by atoms with van der Waals surface area (Å²) in [6, 6.07) is 11.4. The van der Waals surface area contributed by atoms with Crippen LogP contribution in [0, 0.1) is 0 Å². The first kappa shape index (κ1) is 16.8. The quantitative estimate of drug-likeness (QED) is 0.673. The molecule has 0 bridgehead atoms. The number of piperidine rings is 1. The van der Waals surface area contributed by atoms with Gasteiger partial charge in [-0.2, -0.15) is 0 Å². The molecule has 1 aromatic carbocycles. The predicted octanol–water partition coefficient (Wildman–Crippen LogP) is 2.29. The SMILES string of the molecule is NC(=O)c1ccc(-c2c(CN3CCC(O)CC3)[nH]c3ncccc23)cc1. The molecule has 1 fully saturated rings. The Morgan fingerprint density at radius 2 is 1.96 bits per heavy atom. The number of aromatic amines is 1. The lowest BCUT2D eigenvalue weighted by Gasteiger charge is -2.29. The molecule has 6 nitrogen and oxygen atoms in total. The second-order valence-electron chi connectivity index (χ2n) is 6.83. The molecule has 4 rings (SSSR count). The minimum Gasteiger partial charge on any atom is -0.393 e. The normalized spacial score (nSPS) is 16.2. The molecule has 3 aromatic rings. The van der Waals surface area contributed by atoms with Crippen molar-refractivity contribution in [2.45, 2.75) is 25.5 Å². The molecule has 134 valence electrons. The molecular formula is C20H22N4O2. The Morgan fingerprint density at radius 3 is 2.65 bits per heavy atom. The first-order valence-electron chi connectivity index (χ1n) is 8.88. The van der Waals surface area contributed by atoms with E-state index in [2.05, 4.69) is 20.9 Å². The lowest BCUT2D eigenvalue weighted by atomic mass is 10.00. The first-order chi connectivity index (χ1) is 12.6. The summed E-state index contributed by atoms with van der Waals surface area (Å²) in [5.74, 6) is -0.427. The third-order valence-electron chi connectivity index (χ3n) is 5.05. The largest absolute Gasteiger partial charge is 0.393 e. The monoisotopic (exact) mass is 350 g/mol. The van der Waals surface area contributed by atoms with E-state index in [1.54, 1.807) is 18.3 Å². The fourth-order valence-corrected chi connectivity index (χ4v) is 3.63. The Kier molecular flexibility index (Phi) is 4.44. The van der Waals surface area contributed by atoms with Crippen molar-refractivity contribution in [3.8, 4) is 11.1 Å². The number of rotatable bonds is 4. The number of carbonyl (C=O) groups excluding carboxylic acids is 1. The van der Waals surface area contributed by atoms with Crippen LogP contribution >= 0.6 is 0 Å². The van der Waals surface area contributed by atoms with Crippen molar-refractivity contribution in [1.82, 2.24) is 14.9 Å². The lowest BCUT2D eigenvalue weighted by Crippen LogP contribution is -2.35. The van der Waals surface area contributed by atoms with E-state index in [4.69, 9.17) is 5.73 Å². The lowest BCUT2D eigenvalue weighted by molar-refractivity contribution is 0.0788. The van der Waals surface area contributed by atoms with Gasteiger partial charge in [-0.15, -0.1) is 0 Å². The summed E-state index contributed by atoms with van der Waals surface area (Å²) in [4.78, 5) is 21.6. The van der Waals surface area contributed by atoms with Crippen LogP contribution in [-0.4, -0.2) is 45.1 Å². The summed E-state index contributed by atoms with van der Waals surface area (Å²) < 4.78 is 0. The molecule has 3 heterocycles. The Bertz CT molecular complexity index is 925. The summed E-state index contributed by atoms with van der Waals surface area (Å²) in [5, 5.41) is 10.8. The molecule has 0 atom stereocenters. The van der Waals surface area contributed by atoms with E-state index in [9.17, 15) is 9.90 Å². The highest BCUT2D eigenvalue weighted by Crippen LogP contribution is 2.33. The molecule has 0 spiro atoms. The van der Waals surface area contributed by atoms with Crippen LogP contribution in [0.1, 0.15) is 28.9 Å². The third-order valence-corrected chi connectivity index (χ3v) is 5.05. The second-order valence-corrected chi connectivity index (χ2v) is 6.83. The summed E-state index contributed by atoms with van der Waals surface area (Å²) in [6.07, 6.45) is 3.21. The van der Waals surface area contributed by atoms with E-state index in [0.29, 0.717) is 5.56 Å². The number of likely N-dealkylation sites (tertiary alicyclic amines) is 1. The average molecular weight is 350 g/mol. The fraction of sp³-hybridized carbons (Fsp3) is 0.300.